The Morgan fingerprint density at radius 2 is 0.809 bits per heavy atom. The van der Waals surface area contributed by atoms with Crippen LogP contribution in [0.15, 0.2) is 310 Å². The fourth-order valence-electron chi connectivity index (χ4n) is 15.0. The second kappa shape index (κ2) is 28.3. The number of para-hydroxylation sites is 6. The Labute approximate surface area is 629 Å². The second-order valence-corrected chi connectivity index (χ2v) is 27.2. The molecule has 0 saturated carbocycles. The molecule has 0 unspecified atom stereocenters. The van der Waals surface area contributed by atoms with Gasteiger partial charge in [-0.2, -0.15) is 15.3 Å². The third kappa shape index (κ3) is 12.4. The van der Waals surface area contributed by atoms with Gasteiger partial charge >= 0.3 is 0 Å². The van der Waals surface area contributed by atoms with Crippen LogP contribution in [0.3, 0.4) is 0 Å². The molecule has 18 aromatic rings. The molecular weight excluding hydrogens is 1370 g/mol. The van der Waals surface area contributed by atoms with Gasteiger partial charge in [-0.25, -0.2) is 0 Å². The molecule has 8 N–H and O–H groups in total. The number of nitrogens with zero attached hydrogens (tertiary/aromatic N) is 7. The fraction of sp³-hybridized carbons (Fsp3) is 0.0652. The van der Waals surface area contributed by atoms with E-state index in [1.165, 1.54) is 0 Å². The van der Waals surface area contributed by atoms with Crippen molar-refractivity contribution in [3.63, 3.8) is 0 Å². The highest BCUT2D eigenvalue weighted by molar-refractivity contribution is 6.25. The molecule has 18 rings (SSSR count). The van der Waals surface area contributed by atoms with Crippen molar-refractivity contribution in [2.45, 2.75) is 40.2 Å². The first-order valence-corrected chi connectivity index (χ1v) is 36.4. The van der Waals surface area contributed by atoms with Gasteiger partial charge in [0.15, 0.2) is 5.75 Å². The SMILES string of the molecule is CCc1ccccc1NC(=O)c1cc(N=Nc2ccc(N(c3ccc(N=Nc4c(O)c(CONc5ccccc5C)cc5ccc6c7ccccc7[nH]c6c45)cc3)c3ccc(N=Nc4c(O)c(C(=O)Nc5ccccc5CC)cc5ccc6c7ccccc7[nH]c6c45)cc3)cc2)c2c(ccc3c4ccccc4[nH]c32)c1. The zero-order valence-corrected chi connectivity index (χ0v) is 59.9. The lowest BCUT2D eigenvalue weighted by Crippen LogP contribution is -2.13. The molecule has 110 heavy (non-hydrogen) atoms. The predicted molar refractivity (Wildman–Crippen MR) is 444 cm³/mol. The number of benzene rings is 15. The maximum Gasteiger partial charge on any atom is 0.259 e. The third-order valence-electron chi connectivity index (χ3n) is 20.6. The van der Waals surface area contributed by atoms with E-state index in [9.17, 15) is 19.8 Å². The van der Waals surface area contributed by atoms with E-state index >= 15 is 0 Å². The zero-order valence-electron chi connectivity index (χ0n) is 59.9. The summed E-state index contributed by atoms with van der Waals surface area (Å²) in [4.78, 5) is 47.5. The van der Waals surface area contributed by atoms with Gasteiger partial charge in [-0.15, -0.1) is 15.3 Å². The zero-order chi connectivity index (χ0) is 74.5. The number of phenolic OH excluding ortho intramolecular Hbond substituents is 2. The average Bonchev–Trinajstić information content (AvgIpc) is 1.55. The van der Waals surface area contributed by atoms with Gasteiger partial charge in [-0.3, -0.25) is 19.9 Å². The van der Waals surface area contributed by atoms with E-state index in [-0.39, 0.29) is 41.0 Å². The monoisotopic (exact) mass is 1440 g/mol. The lowest BCUT2D eigenvalue weighted by Gasteiger charge is -2.25. The van der Waals surface area contributed by atoms with Crippen LogP contribution >= 0.6 is 0 Å². The number of phenols is 2. The van der Waals surface area contributed by atoms with Crippen molar-refractivity contribution in [1.29, 1.82) is 0 Å². The van der Waals surface area contributed by atoms with Gasteiger partial charge in [0.2, 0.25) is 0 Å². The smallest absolute Gasteiger partial charge is 0.259 e. The first kappa shape index (κ1) is 67.3. The number of H-pyrrole nitrogens is 3. The standard InChI is InChI=1S/C92H69N13O5/c1-4-54-19-7-13-25-75(54)96-91(108)59-48-56-30-45-70-67-21-9-15-27-77(67)93-84(70)81(56)80(51-59)101-98-61-33-39-64(40-34-61)105(65-41-35-62(36-42-65)99-102-87-82-57(31-46-71-68-22-10-16-28-78(68)94-85(71)82)49-60(89(87)106)52-110-104-74-24-12-6-18-53(74)3)66-43-37-63(38-44-66)100-103-88-83-58(32-47-72-69-23-11-17-29-79(69)95-86(72)83)50-73(90(88)107)92(109)97-76-26-14-8-20-55(76)5-2/h6-51,93-95,104,106-107H,4-5,52H2,1-3H3,(H,96,108)(H,97,109). The van der Waals surface area contributed by atoms with Crippen LogP contribution in [0.4, 0.5) is 68.2 Å². The minimum atomic E-state index is -0.490. The molecule has 0 bridgehead atoms. The number of carbonyl (C=O) groups excluding carboxylic acids is 2. The summed E-state index contributed by atoms with van der Waals surface area (Å²) in [5.41, 5.74) is 19.2. The van der Waals surface area contributed by atoms with Crippen molar-refractivity contribution in [1.82, 2.24) is 15.0 Å². The van der Waals surface area contributed by atoms with Crippen molar-refractivity contribution < 1.29 is 24.6 Å². The van der Waals surface area contributed by atoms with Crippen LogP contribution in [0.1, 0.15) is 56.8 Å². The van der Waals surface area contributed by atoms with E-state index in [0.717, 1.165) is 133 Å². The van der Waals surface area contributed by atoms with Crippen molar-refractivity contribution in [3.05, 3.63) is 312 Å². The Hall–Kier alpha value is -14.6. The molecule has 18 heteroatoms. The number of rotatable bonds is 19. The van der Waals surface area contributed by atoms with Crippen LogP contribution in [0.5, 0.6) is 11.5 Å². The quantitative estimate of drug-likeness (QED) is 0.0287. The van der Waals surface area contributed by atoms with Crippen LogP contribution in [0.25, 0.3) is 97.7 Å². The summed E-state index contributed by atoms with van der Waals surface area (Å²) in [5, 5.41) is 70.6. The molecule has 532 valence electrons. The molecule has 18 nitrogen and oxygen atoms in total. The van der Waals surface area contributed by atoms with E-state index in [1.54, 1.807) is 12.1 Å². The molecule has 15 aromatic carbocycles. The number of aromatic amines is 3. The number of nitrogens with one attached hydrogen (secondary N) is 6. The highest BCUT2D eigenvalue weighted by Crippen LogP contribution is 2.48. The molecule has 2 amide bonds. The average molecular weight is 1440 g/mol. The summed E-state index contributed by atoms with van der Waals surface area (Å²) in [6.45, 7) is 6.11. The summed E-state index contributed by atoms with van der Waals surface area (Å²) < 4.78 is 0. The molecule has 0 atom stereocenters. The minimum absolute atomic E-state index is 0.0240. The predicted octanol–water partition coefficient (Wildman–Crippen LogP) is 25.7. The van der Waals surface area contributed by atoms with Gasteiger partial charge in [-0.1, -0.05) is 159 Å². The van der Waals surface area contributed by atoms with Gasteiger partial charge in [0.05, 0.1) is 50.6 Å². The Bertz CT molecular complexity index is 6820. The van der Waals surface area contributed by atoms with Crippen molar-refractivity contribution in [3.8, 4) is 11.5 Å². The minimum Gasteiger partial charge on any atom is -0.505 e. The van der Waals surface area contributed by atoms with E-state index in [2.05, 4.69) is 73.2 Å². The highest BCUT2D eigenvalue weighted by Gasteiger charge is 2.25. The van der Waals surface area contributed by atoms with Crippen LogP contribution < -0.4 is 21.0 Å². The van der Waals surface area contributed by atoms with Gasteiger partial charge in [0.25, 0.3) is 11.8 Å². The summed E-state index contributed by atoms with van der Waals surface area (Å²) in [6.07, 6.45) is 1.45. The van der Waals surface area contributed by atoms with Crippen LogP contribution in [0, 0.1) is 6.92 Å². The topological polar surface area (TPSA) is 245 Å². The third-order valence-corrected chi connectivity index (χ3v) is 20.6. The first-order chi connectivity index (χ1) is 54.0. The molecule has 0 saturated heterocycles. The van der Waals surface area contributed by atoms with Crippen molar-refractivity contribution in [2.75, 3.05) is 21.0 Å². The molecule has 0 radical (unpaired) electrons. The summed E-state index contributed by atoms with van der Waals surface area (Å²) in [6, 6.07) is 89.9. The van der Waals surface area contributed by atoms with E-state index < -0.39 is 5.91 Å². The van der Waals surface area contributed by atoms with Crippen LogP contribution in [-0.4, -0.2) is 37.0 Å². The highest BCUT2D eigenvalue weighted by atomic mass is 16.6. The van der Waals surface area contributed by atoms with Crippen LogP contribution in [-0.2, 0) is 24.3 Å². The number of carbonyl (C=O) groups is 2. The second-order valence-electron chi connectivity index (χ2n) is 27.2. The maximum absolute atomic E-state index is 14.3. The van der Waals surface area contributed by atoms with Gasteiger partial charge in [0.1, 0.15) is 23.7 Å². The van der Waals surface area contributed by atoms with E-state index in [0.29, 0.717) is 62.1 Å². The molecular formula is C92H69N13O5. The molecule has 3 heterocycles. The maximum atomic E-state index is 14.3. The molecule has 0 spiro atoms. The molecule has 0 aliphatic rings. The van der Waals surface area contributed by atoms with E-state index in [1.807, 2.05) is 250 Å². The first-order valence-electron chi connectivity index (χ1n) is 36.4. The lowest BCUT2D eigenvalue weighted by molar-refractivity contribution is 0.101. The number of amides is 2. The van der Waals surface area contributed by atoms with Crippen LogP contribution in [0.2, 0.25) is 0 Å². The van der Waals surface area contributed by atoms with E-state index in [4.69, 9.17) is 35.5 Å². The number of aryl methyl sites for hydroxylation is 3. The largest absolute Gasteiger partial charge is 0.505 e. The number of azo groups is 3. The Morgan fingerprint density at radius 3 is 1.31 bits per heavy atom. The number of hydrogen-bond acceptors (Lipinski definition) is 13. The Balaban J connectivity index is 0.718. The Kier molecular flexibility index (Phi) is 17.3. The molecule has 0 aliphatic carbocycles. The van der Waals surface area contributed by atoms with Gasteiger partial charge in [-0.05, 0) is 186 Å². The van der Waals surface area contributed by atoms with Gasteiger partial charge < -0.3 is 40.7 Å². The number of aromatic hydroxyl groups is 2. The number of fused-ring (bicyclic) bond motifs is 15. The summed E-state index contributed by atoms with van der Waals surface area (Å²) in [5.74, 6) is -1.15. The van der Waals surface area contributed by atoms with Crippen molar-refractivity contribution in [2.24, 2.45) is 30.7 Å². The fourth-order valence-corrected chi connectivity index (χ4v) is 15.0. The lowest BCUT2D eigenvalue weighted by atomic mass is 10.00. The number of anilines is 6. The Morgan fingerprint density at radius 1 is 0.391 bits per heavy atom. The normalized spacial score (nSPS) is 12.0. The van der Waals surface area contributed by atoms with Crippen molar-refractivity contribution >= 4 is 178 Å². The summed E-state index contributed by atoms with van der Waals surface area (Å²) >= 11 is 0. The molecule has 3 aromatic heterocycles. The number of hydrogen-bond donors (Lipinski definition) is 8. The summed E-state index contributed by atoms with van der Waals surface area (Å²) in [7, 11) is 0. The van der Waals surface area contributed by atoms with Gasteiger partial charge in [0, 0.05) is 105 Å². The molecule has 0 fully saturated rings. The number of aromatic nitrogens is 3. The molecule has 0 aliphatic heterocycles.